The van der Waals surface area contributed by atoms with Gasteiger partial charge in [0.1, 0.15) is 5.78 Å². The highest BCUT2D eigenvalue weighted by molar-refractivity contribution is 5.79. The first kappa shape index (κ1) is 17.7. The summed E-state index contributed by atoms with van der Waals surface area (Å²) in [4.78, 5) is 12.4. The number of ether oxygens (including phenoxy) is 2. The van der Waals surface area contributed by atoms with E-state index in [1.165, 1.54) is 44.9 Å². The summed E-state index contributed by atoms with van der Waals surface area (Å²) in [5.74, 6) is 2.87. The molecule has 1 heterocycles. The second-order valence-electron chi connectivity index (χ2n) is 10.7. The van der Waals surface area contributed by atoms with Crippen LogP contribution in [0.3, 0.4) is 0 Å². The molecule has 5 aliphatic rings. The van der Waals surface area contributed by atoms with Gasteiger partial charge in [0, 0.05) is 18.3 Å². The van der Waals surface area contributed by atoms with Crippen LogP contribution in [-0.2, 0) is 14.3 Å². The lowest BCUT2D eigenvalue weighted by Gasteiger charge is -2.64. The monoisotopic (exact) mass is 360 g/mol. The van der Waals surface area contributed by atoms with Gasteiger partial charge in [0.05, 0.1) is 13.2 Å². The molecule has 7 atom stereocenters. The van der Waals surface area contributed by atoms with Gasteiger partial charge in [0.15, 0.2) is 5.79 Å². The number of Topliss-reactive ketones (excluding diaryl/α,β-unsaturated/α-hetero) is 1. The van der Waals surface area contributed by atoms with Crippen molar-refractivity contribution in [2.24, 2.45) is 40.4 Å². The number of hydrogen-bond donors (Lipinski definition) is 0. The molecular formula is C23H36O3. The van der Waals surface area contributed by atoms with E-state index in [0.29, 0.717) is 29.0 Å². The van der Waals surface area contributed by atoms with E-state index < -0.39 is 0 Å². The van der Waals surface area contributed by atoms with Gasteiger partial charge in [0.2, 0.25) is 0 Å². The number of ketones is 1. The molecule has 0 N–H and O–H groups in total. The van der Waals surface area contributed by atoms with Crippen LogP contribution in [0, 0.1) is 40.4 Å². The van der Waals surface area contributed by atoms with Gasteiger partial charge in [-0.05, 0) is 74.0 Å². The number of hydrogen-bond acceptors (Lipinski definition) is 3. The van der Waals surface area contributed by atoms with Gasteiger partial charge in [-0.2, -0.15) is 0 Å². The Morgan fingerprint density at radius 3 is 2.35 bits per heavy atom. The molecule has 0 aromatic rings. The molecule has 1 aliphatic heterocycles. The van der Waals surface area contributed by atoms with Crippen molar-refractivity contribution in [2.45, 2.75) is 84.3 Å². The molecule has 0 unspecified atom stereocenters. The van der Waals surface area contributed by atoms with Crippen LogP contribution in [0.15, 0.2) is 0 Å². The molecule has 3 heteroatoms. The first-order valence-electron chi connectivity index (χ1n) is 11.2. The highest BCUT2D eigenvalue weighted by Crippen LogP contribution is 2.70. The van der Waals surface area contributed by atoms with Crippen LogP contribution in [-0.4, -0.2) is 24.8 Å². The molecule has 0 aromatic carbocycles. The lowest BCUT2D eigenvalue weighted by Crippen LogP contribution is -2.63. The molecular weight excluding hydrogens is 324 g/mol. The van der Waals surface area contributed by atoms with Crippen LogP contribution in [0.1, 0.15) is 78.6 Å². The smallest absolute Gasteiger partial charge is 0.172 e. The molecule has 146 valence electrons. The summed E-state index contributed by atoms with van der Waals surface area (Å²) in [5.41, 5.74) is 0.617. The van der Waals surface area contributed by atoms with Gasteiger partial charge >= 0.3 is 0 Å². The van der Waals surface area contributed by atoms with Crippen molar-refractivity contribution in [3.8, 4) is 0 Å². The lowest BCUT2D eigenvalue weighted by molar-refractivity contribution is -0.297. The third-order valence-corrected chi connectivity index (χ3v) is 9.87. The standard InChI is InChI=1S/C23H36O3/c1-15(24)17-7-8-18-20-19(9-11-22(17,18)3)21(2)10-5-4-6-16(21)14-23(20)25-12-13-26-23/h16-20H,4-14H2,1-3H3/t16-,17+,18-,19+,20-,21-,22-/m1/s1. The molecule has 5 fully saturated rings. The third kappa shape index (κ3) is 2.16. The van der Waals surface area contributed by atoms with Crippen LogP contribution in [0.2, 0.25) is 0 Å². The quantitative estimate of drug-likeness (QED) is 0.662. The molecule has 4 aliphatic carbocycles. The number of carbonyl (C=O) groups excluding carboxylic acids is 1. The molecule has 0 bridgehead atoms. The minimum absolute atomic E-state index is 0.160. The van der Waals surface area contributed by atoms with Crippen LogP contribution < -0.4 is 0 Å². The van der Waals surface area contributed by atoms with Gasteiger partial charge in [0.25, 0.3) is 0 Å². The van der Waals surface area contributed by atoms with Crippen molar-refractivity contribution in [3.05, 3.63) is 0 Å². The van der Waals surface area contributed by atoms with E-state index in [9.17, 15) is 4.79 Å². The summed E-state index contributed by atoms with van der Waals surface area (Å²) < 4.78 is 13.0. The molecule has 0 radical (unpaired) electrons. The van der Waals surface area contributed by atoms with Crippen molar-refractivity contribution in [3.63, 3.8) is 0 Å². The number of carbonyl (C=O) groups is 1. The summed E-state index contributed by atoms with van der Waals surface area (Å²) in [6, 6.07) is 0. The zero-order valence-electron chi connectivity index (χ0n) is 16.9. The highest BCUT2D eigenvalue weighted by atomic mass is 16.7. The van der Waals surface area contributed by atoms with E-state index >= 15 is 0 Å². The van der Waals surface area contributed by atoms with Gasteiger partial charge in [-0.15, -0.1) is 0 Å². The maximum absolute atomic E-state index is 12.4. The second-order valence-corrected chi connectivity index (χ2v) is 10.7. The van der Waals surface area contributed by atoms with E-state index in [1.807, 2.05) is 6.92 Å². The average Bonchev–Trinajstić information content (AvgIpc) is 3.20. The Kier molecular flexibility index (Phi) is 3.94. The number of rotatable bonds is 1. The summed E-state index contributed by atoms with van der Waals surface area (Å²) >= 11 is 0. The van der Waals surface area contributed by atoms with Crippen LogP contribution in [0.5, 0.6) is 0 Å². The normalized spacial score (nSPS) is 52.3. The molecule has 5 rings (SSSR count). The largest absolute Gasteiger partial charge is 0.347 e. The molecule has 1 saturated heterocycles. The van der Waals surface area contributed by atoms with Crippen molar-refractivity contribution in [1.82, 2.24) is 0 Å². The number of fused-ring (bicyclic) bond motifs is 6. The maximum Gasteiger partial charge on any atom is 0.172 e. The Bertz CT molecular complexity index is 594. The van der Waals surface area contributed by atoms with E-state index in [0.717, 1.165) is 32.0 Å². The topological polar surface area (TPSA) is 35.5 Å². The molecule has 1 spiro atoms. The molecule has 4 saturated carbocycles. The van der Waals surface area contributed by atoms with Crippen LogP contribution in [0.4, 0.5) is 0 Å². The Balaban J connectivity index is 1.58. The highest BCUT2D eigenvalue weighted by Gasteiger charge is 2.68. The third-order valence-electron chi connectivity index (χ3n) is 9.87. The molecule has 26 heavy (non-hydrogen) atoms. The average molecular weight is 361 g/mol. The van der Waals surface area contributed by atoms with E-state index in [-0.39, 0.29) is 17.1 Å². The van der Waals surface area contributed by atoms with Crippen LogP contribution >= 0.6 is 0 Å². The Hall–Kier alpha value is -0.410. The molecule has 0 aromatic heterocycles. The van der Waals surface area contributed by atoms with Crippen molar-refractivity contribution in [2.75, 3.05) is 13.2 Å². The minimum atomic E-state index is -0.343. The Morgan fingerprint density at radius 1 is 0.885 bits per heavy atom. The first-order valence-corrected chi connectivity index (χ1v) is 11.2. The van der Waals surface area contributed by atoms with Gasteiger partial charge in [-0.1, -0.05) is 26.7 Å². The summed E-state index contributed by atoms with van der Waals surface area (Å²) in [5, 5.41) is 0. The van der Waals surface area contributed by atoms with Crippen LogP contribution in [0.25, 0.3) is 0 Å². The van der Waals surface area contributed by atoms with Gasteiger partial charge < -0.3 is 9.47 Å². The van der Waals surface area contributed by atoms with Crippen molar-refractivity contribution >= 4 is 5.78 Å². The van der Waals surface area contributed by atoms with Gasteiger partial charge in [-0.25, -0.2) is 0 Å². The predicted octanol–water partition coefficient (Wildman–Crippen LogP) is 4.98. The van der Waals surface area contributed by atoms with E-state index in [2.05, 4.69) is 13.8 Å². The lowest BCUT2D eigenvalue weighted by atomic mass is 9.43. The second kappa shape index (κ2) is 5.80. The van der Waals surface area contributed by atoms with E-state index in [1.54, 1.807) is 0 Å². The zero-order valence-corrected chi connectivity index (χ0v) is 16.9. The fraction of sp³-hybridized carbons (Fsp3) is 0.957. The predicted molar refractivity (Wildman–Crippen MR) is 101 cm³/mol. The summed E-state index contributed by atoms with van der Waals surface area (Å²) in [7, 11) is 0. The van der Waals surface area contributed by atoms with E-state index in [4.69, 9.17) is 9.47 Å². The van der Waals surface area contributed by atoms with Crippen molar-refractivity contribution < 1.29 is 14.3 Å². The summed E-state index contributed by atoms with van der Waals surface area (Å²) in [6.07, 6.45) is 11.4. The fourth-order valence-corrected chi connectivity index (χ4v) is 8.67. The fourth-order valence-electron chi connectivity index (χ4n) is 8.67. The van der Waals surface area contributed by atoms with Crippen molar-refractivity contribution in [1.29, 1.82) is 0 Å². The van der Waals surface area contributed by atoms with Gasteiger partial charge in [-0.3, -0.25) is 4.79 Å². The minimum Gasteiger partial charge on any atom is -0.347 e. The summed E-state index contributed by atoms with van der Waals surface area (Å²) in [6.45, 7) is 8.35. The maximum atomic E-state index is 12.4. The zero-order chi connectivity index (χ0) is 18.2. The Labute approximate surface area is 158 Å². The SMILES string of the molecule is CC(=O)[C@@H]1CC[C@@H]2[C@@H]3[C@H](CC[C@@]21C)[C@]1(C)CCCC[C@@H]1CC31OCCO1. The molecule has 3 nitrogen and oxygen atoms in total. The first-order chi connectivity index (χ1) is 12.4. The molecule has 0 amide bonds. The Morgan fingerprint density at radius 2 is 1.62 bits per heavy atom.